The molecule has 0 bridgehead atoms. The van der Waals surface area contributed by atoms with Crippen LogP contribution in [0, 0.1) is 11.6 Å². The van der Waals surface area contributed by atoms with E-state index in [1.807, 2.05) is 6.92 Å². The summed E-state index contributed by atoms with van der Waals surface area (Å²) < 4.78 is 30.8. The first-order valence-corrected chi connectivity index (χ1v) is 7.39. The molecule has 0 spiro atoms. The fraction of sp³-hybridized carbons (Fsp3) is 0.429. The van der Waals surface area contributed by atoms with E-state index in [2.05, 4.69) is 4.74 Å². The molecular weight excluding hydrogens is 300 g/mol. The fourth-order valence-electron chi connectivity index (χ4n) is 1.61. The summed E-state index contributed by atoms with van der Waals surface area (Å²) >= 11 is 0.968. The van der Waals surface area contributed by atoms with Gasteiger partial charge in [-0.15, -0.1) is 11.8 Å². The first-order chi connectivity index (χ1) is 9.97. The van der Waals surface area contributed by atoms with Gasteiger partial charge in [-0.1, -0.05) is 6.92 Å². The summed E-state index contributed by atoms with van der Waals surface area (Å²) in [6, 6.07) is 3.19. The highest BCUT2D eigenvalue weighted by molar-refractivity contribution is 8.00. The fourth-order valence-corrected chi connectivity index (χ4v) is 2.43. The molecule has 116 valence electrons. The molecule has 1 amide bonds. The summed E-state index contributed by atoms with van der Waals surface area (Å²) in [6.07, 6.45) is 0.693. The maximum Gasteiger partial charge on any atom is 0.325 e. The number of halogens is 2. The molecule has 1 rings (SSSR count). The summed E-state index contributed by atoms with van der Waals surface area (Å²) in [6.45, 7) is 2.17. The molecule has 21 heavy (non-hydrogen) atoms. The zero-order valence-corrected chi connectivity index (χ0v) is 12.7. The average molecular weight is 317 g/mol. The number of nitrogens with zero attached hydrogens (tertiary/aromatic N) is 1. The van der Waals surface area contributed by atoms with Crippen LogP contribution in [0.2, 0.25) is 0 Å². The van der Waals surface area contributed by atoms with Gasteiger partial charge in [-0.3, -0.25) is 9.59 Å². The van der Waals surface area contributed by atoms with Gasteiger partial charge < -0.3 is 9.64 Å². The van der Waals surface area contributed by atoms with E-state index >= 15 is 0 Å². The molecule has 0 fully saturated rings. The number of hydrogen-bond donors (Lipinski definition) is 0. The van der Waals surface area contributed by atoms with Gasteiger partial charge in [0.1, 0.15) is 18.2 Å². The minimum Gasteiger partial charge on any atom is -0.468 e. The molecule has 0 saturated heterocycles. The summed E-state index contributed by atoms with van der Waals surface area (Å²) in [5.74, 6) is -2.20. The number of benzene rings is 1. The van der Waals surface area contributed by atoms with Gasteiger partial charge in [0.25, 0.3) is 0 Å². The molecule has 0 aliphatic rings. The number of thioether (sulfide) groups is 1. The minimum absolute atomic E-state index is 0.0282. The number of rotatable bonds is 7. The molecule has 4 nitrogen and oxygen atoms in total. The summed E-state index contributed by atoms with van der Waals surface area (Å²) in [5, 5.41) is 0. The van der Waals surface area contributed by atoms with Gasteiger partial charge in [0.15, 0.2) is 0 Å². The van der Waals surface area contributed by atoms with Crippen molar-refractivity contribution in [3.8, 4) is 0 Å². The summed E-state index contributed by atoms with van der Waals surface area (Å²) in [5.41, 5.74) is 0. The second kappa shape index (κ2) is 8.61. The normalized spacial score (nSPS) is 10.3. The van der Waals surface area contributed by atoms with Crippen LogP contribution in [-0.4, -0.2) is 42.7 Å². The van der Waals surface area contributed by atoms with Crippen molar-refractivity contribution in [2.75, 3.05) is 26.0 Å². The third-order valence-corrected chi connectivity index (χ3v) is 3.67. The van der Waals surface area contributed by atoms with Gasteiger partial charge in [0.05, 0.1) is 12.9 Å². The number of esters is 1. The lowest BCUT2D eigenvalue weighted by molar-refractivity contribution is -0.146. The molecule has 7 heteroatoms. The Balaban J connectivity index is 2.62. The van der Waals surface area contributed by atoms with E-state index in [1.54, 1.807) is 0 Å². The number of amides is 1. The van der Waals surface area contributed by atoms with Crippen LogP contribution >= 0.6 is 11.8 Å². The summed E-state index contributed by atoms with van der Waals surface area (Å²) in [4.78, 5) is 24.8. The molecule has 0 N–H and O–H groups in total. The van der Waals surface area contributed by atoms with Gasteiger partial charge in [-0.25, -0.2) is 8.78 Å². The zero-order chi connectivity index (χ0) is 15.8. The molecule has 0 atom stereocenters. The van der Waals surface area contributed by atoms with E-state index in [4.69, 9.17) is 0 Å². The summed E-state index contributed by atoms with van der Waals surface area (Å²) in [7, 11) is 1.25. The molecule has 0 aliphatic carbocycles. The Morgan fingerprint density at radius 3 is 2.62 bits per heavy atom. The van der Waals surface area contributed by atoms with E-state index in [9.17, 15) is 18.4 Å². The van der Waals surface area contributed by atoms with Crippen LogP contribution in [0.25, 0.3) is 0 Å². The quantitative estimate of drug-likeness (QED) is 0.572. The van der Waals surface area contributed by atoms with Gasteiger partial charge in [0.2, 0.25) is 5.91 Å². The topological polar surface area (TPSA) is 46.6 Å². The average Bonchev–Trinajstić information content (AvgIpc) is 2.45. The van der Waals surface area contributed by atoms with E-state index in [1.165, 1.54) is 18.1 Å². The second-order valence-corrected chi connectivity index (χ2v) is 5.27. The first-order valence-electron chi connectivity index (χ1n) is 6.40. The molecule has 0 unspecified atom stereocenters. The van der Waals surface area contributed by atoms with Crippen molar-refractivity contribution in [1.82, 2.24) is 4.90 Å². The Bertz CT molecular complexity index is 511. The lowest BCUT2D eigenvalue weighted by Gasteiger charge is -2.20. The monoisotopic (exact) mass is 317 g/mol. The van der Waals surface area contributed by atoms with Crippen molar-refractivity contribution in [3.63, 3.8) is 0 Å². The maximum absolute atomic E-state index is 13.5. The molecular formula is C14H17F2NO3S. The Labute approximate surface area is 126 Å². The number of ether oxygens (including phenoxy) is 1. The van der Waals surface area contributed by atoms with E-state index in [0.717, 1.165) is 23.9 Å². The Hall–Kier alpha value is -1.63. The molecule has 0 aromatic heterocycles. The molecule has 0 radical (unpaired) electrons. The number of methoxy groups -OCH3 is 1. The number of carbonyl (C=O) groups is 2. The van der Waals surface area contributed by atoms with E-state index < -0.39 is 17.6 Å². The lowest BCUT2D eigenvalue weighted by atomic mass is 10.3. The third-order valence-electron chi connectivity index (χ3n) is 2.64. The predicted octanol–water partition coefficient (Wildman–Crippen LogP) is 2.47. The van der Waals surface area contributed by atoms with Crippen molar-refractivity contribution in [2.45, 2.75) is 18.2 Å². The van der Waals surface area contributed by atoms with Crippen LogP contribution < -0.4 is 0 Å². The van der Waals surface area contributed by atoms with Crippen molar-refractivity contribution >= 4 is 23.6 Å². The molecule has 0 aliphatic heterocycles. The highest BCUT2D eigenvalue weighted by Gasteiger charge is 2.17. The third kappa shape index (κ3) is 5.71. The van der Waals surface area contributed by atoms with Crippen LogP contribution in [0.15, 0.2) is 23.1 Å². The van der Waals surface area contributed by atoms with Crippen molar-refractivity contribution in [2.24, 2.45) is 0 Å². The SMILES string of the molecule is CCCN(CC(=O)OC)C(=O)CSc1ccc(F)cc1F. The van der Waals surface area contributed by atoms with Crippen LogP contribution in [0.5, 0.6) is 0 Å². The van der Waals surface area contributed by atoms with Crippen molar-refractivity contribution in [3.05, 3.63) is 29.8 Å². The lowest BCUT2D eigenvalue weighted by Crippen LogP contribution is -2.37. The number of carbonyl (C=O) groups excluding carboxylic acids is 2. The van der Waals surface area contributed by atoms with Gasteiger partial charge in [-0.05, 0) is 18.6 Å². The molecule has 0 heterocycles. The smallest absolute Gasteiger partial charge is 0.325 e. The Kier molecular flexibility index (Phi) is 7.14. The largest absolute Gasteiger partial charge is 0.468 e. The van der Waals surface area contributed by atoms with Crippen LogP contribution in [-0.2, 0) is 14.3 Å². The zero-order valence-electron chi connectivity index (χ0n) is 11.9. The molecule has 0 saturated carbocycles. The highest BCUT2D eigenvalue weighted by Crippen LogP contribution is 2.22. The van der Waals surface area contributed by atoms with Gasteiger partial charge in [-0.2, -0.15) is 0 Å². The van der Waals surface area contributed by atoms with E-state index in [0.29, 0.717) is 13.0 Å². The molecule has 1 aromatic carbocycles. The minimum atomic E-state index is -0.706. The predicted molar refractivity (Wildman–Crippen MR) is 76.0 cm³/mol. The van der Waals surface area contributed by atoms with Gasteiger partial charge in [0, 0.05) is 17.5 Å². The standard InChI is InChI=1S/C14H17F2NO3S/c1-3-6-17(8-14(19)20-2)13(18)9-21-12-5-4-10(15)7-11(12)16/h4-5,7H,3,6,8-9H2,1-2H3. The molecule has 1 aromatic rings. The Morgan fingerprint density at radius 2 is 2.05 bits per heavy atom. The van der Waals surface area contributed by atoms with E-state index in [-0.39, 0.29) is 23.1 Å². The maximum atomic E-state index is 13.5. The first kappa shape index (κ1) is 17.4. The van der Waals surface area contributed by atoms with Crippen LogP contribution in [0.4, 0.5) is 8.78 Å². The van der Waals surface area contributed by atoms with Crippen LogP contribution in [0.1, 0.15) is 13.3 Å². The van der Waals surface area contributed by atoms with Crippen molar-refractivity contribution in [1.29, 1.82) is 0 Å². The van der Waals surface area contributed by atoms with Crippen LogP contribution in [0.3, 0.4) is 0 Å². The number of hydrogen-bond acceptors (Lipinski definition) is 4. The van der Waals surface area contributed by atoms with Crippen molar-refractivity contribution < 1.29 is 23.1 Å². The van der Waals surface area contributed by atoms with Gasteiger partial charge >= 0.3 is 5.97 Å². The Morgan fingerprint density at radius 1 is 1.33 bits per heavy atom. The second-order valence-electron chi connectivity index (χ2n) is 4.25. The highest BCUT2D eigenvalue weighted by atomic mass is 32.2.